The van der Waals surface area contributed by atoms with E-state index in [4.69, 9.17) is 11.6 Å². The molecule has 0 saturated heterocycles. The zero-order valence-electron chi connectivity index (χ0n) is 7.60. The minimum Gasteiger partial charge on any atom is -0.120 e. The molecule has 66 valence electrons. The maximum Gasteiger partial charge on any atom is 0.0406 e. The Morgan fingerprint density at radius 2 is 1.58 bits per heavy atom. The third-order valence-electron chi connectivity index (χ3n) is 1.24. The van der Waals surface area contributed by atoms with Crippen molar-refractivity contribution in [1.29, 1.82) is 0 Å². The normalized spacial score (nSPS) is 11.7. The fourth-order valence-electron chi connectivity index (χ4n) is 0.856. The van der Waals surface area contributed by atoms with Gasteiger partial charge in [-0.3, -0.25) is 0 Å². The summed E-state index contributed by atoms with van der Waals surface area (Å²) in [6, 6.07) is 7.96. The molecule has 0 unspecified atom stereocenters. The van der Waals surface area contributed by atoms with Gasteiger partial charge in [-0.1, -0.05) is 32.4 Å². The molecule has 0 atom stereocenters. The van der Waals surface area contributed by atoms with Crippen molar-refractivity contribution < 1.29 is 0 Å². The lowest BCUT2D eigenvalue weighted by molar-refractivity contribution is 0.803. The quantitative estimate of drug-likeness (QED) is 0.612. The molecule has 0 amide bonds. The second kappa shape index (κ2) is 3.71. The van der Waals surface area contributed by atoms with Crippen LogP contribution in [0.3, 0.4) is 0 Å². The van der Waals surface area contributed by atoms with Crippen molar-refractivity contribution in [2.75, 3.05) is 0 Å². The largest absolute Gasteiger partial charge is 0.120 e. The van der Waals surface area contributed by atoms with Crippen molar-refractivity contribution >= 4 is 23.4 Å². The average Bonchev–Trinajstić information content (AvgIpc) is 1.91. The highest BCUT2D eigenvalue weighted by Gasteiger charge is 2.11. The van der Waals surface area contributed by atoms with Gasteiger partial charge in [0.1, 0.15) is 0 Å². The van der Waals surface area contributed by atoms with Crippen LogP contribution >= 0.6 is 23.4 Å². The van der Waals surface area contributed by atoms with Crippen molar-refractivity contribution in [2.45, 2.75) is 30.4 Å². The first-order valence-corrected chi connectivity index (χ1v) is 5.11. The predicted octanol–water partition coefficient (Wildman–Crippen LogP) is 4.23. The van der Waals surface area contributed by atoms with Crippen LogP contribution in [-0.2, 0) is 0 Å². The van der Waals surface area contributed by atoms with Crippen LogP contribution in [0.25, 0.3) is 0 Å². The van der Waals surface area contributed by atoms with Gasteiger partial charge in [-0.15, -0.1) is 11.8 Å². The molecule has 0 bridgehead atoms. The third kappa shape index (κ3) is 3.51. The number of hydrogen-bond donors (Lipinski definition) is 0. The van der Waals surface area contributed by atoms with Crippen LogP contribution in [0.1, 0.15) is 20.8 Å². The molecule has 1 aromatic rings. The average molecular weight is 201 g/mol. The molecule has 1 aromatic carbocycles. The smallest absolute Gasteiger partial charge is 0.0406 e. The van der Waals surface area contributed by atoms with Gasteiger partial charge in [-0.05, 0) is 24.3 Å². The van der Waals surface area contributed by atoms with E-state index in [9.17, 15) is 0 Å². The zero-order valence-corrected chi connectivity index (χ0v) is 9.17. The summed E-state index contributed by atoms with van der Waals surface area (Å²) >= 11 is 7.62. The van der Waals surface area contributed by atoms with E-state index < -0.39 is 0 Å². The lowest BCUT2D eigenvalue weighted by Crippen LogP contribution is -2.06. The summed E-state index contributed by atoms with van der Waals surface area (Å²) in [5, 5.41) is 0.799. The lowest BCUT2D eigenvalue weighted by Gasteiger charge is -2.17. The minimum atomic E-state index is 0.272. The van der Waals surface area contributed by atoms with Gasteiger partial charge in [-0.25, -0.2) is 0 Å². The molecule has 0 saturated carbocycles. The molecule has 0 spiro atoms. The molecular weight excluding hydrogens is 188 g/mol. The molecule has 0 aliphatic carbocycles. The van der Waals surface area contributed by atoms with Crippen molar-refractivity contribution in [3.05, 3.63) is 29.3 Å². The molecule has 0 aromatic heterocycles. The number of hydrogen-bond acceptors (Lipinski definition) is 1. The van der Waals surface area contributed by atoms with Gasteiger partial charge in [0.25, 0.3) is 0 Å². The molecular formula is C10H13ClS. The molecule has 0 radical (unpaired) electrons. The van der Waals surface area contributed by atoms with Crippen molar-refractivity contribution in [3.8, 4) is 0 Å². The summed E-state index contributed by atoms with van der Waals surface area (Å²) < 4.78 is 0.272. The van der Waals surface area contributed by atoms with E-state index in [0.29, 0.717) is 0 Å². The molecule has 0 N–H and O–H groups in total. The third-order valence-corrected chi connectivity index (χ3v) is 2.61. The van der Waals surface area contributed by atoms with Crippen LogP contribution in [0.2, 0.25) is 5.02 Å². The first kappa shape index (κ1) is 9.94. The highest BCUT2D eigenvalue weighted by Crippen LogP contribution is 2.32. The summed E-state index contributed by atoms with van der Waals surface area (Å²) in [5.74, 6) is 0. The monoisotopic (exact) mass is 200 g/mol. The Morgan fingerprint density at radius 1 is 1.08 bits per heavy atom. The lowest BCUT2D eigenvalue weighted by atomic mass is 10.3. The second-order valence-corrected chi connectivity index (χ2v) is 6.01. The van der Waals surface area contributed by atoms with E-state index in [1.54, 1.807) is 0 Å². The SMILES string of the molecule is CC(C)(C)Sc1ccc(Cl)cc1. The summed E-state index contributed by atoms with van der Waals surface area (Å²) in [5.41, 5.74) is 0. The fraction of sp³-hybridized carbons (Fsp3) is 0.400. The van der Waals surface area contributed by atoms with E-state index in [-0.39, 0.29) is 4.75 Å². The number of benzene rings is 1. The molecule has 2 heteroatoms. The van der Waals surface area contributed by atoms with Crippen LogP contribution in [0.5, 0.6) is 0 Å². The molecule has 0 nitrogen and oxygen atoms in total. The molecule has 0 heterocycles. The Labute approximate surface area is 83.3 Å². The van der Waals surface area contributed by atoms with Crippen LogP contribution < -0.4 is 0 Å². The van der Waals surface area contributed by atoms with Gasteiger partial charge in [0.05, 0.1) is 0 Å². The van der Waals surface area contributed by atoms with E-state index >= 15 is 0 Å². The van der Waals surface area contributed by atoms with E-state index in [0.717, 1.165) is 5.02 Å². The molecule has 0 aliphatic heterocycles. The topological polar surface area (TPSA) is 0 Å². The number of halogens is 1. The maximum atomic E-state index is 5.77. The summed E-state index contributed by atoms with van der Waals surface area (Å²) in [7, 11) is 0. The summed E-state index contributed by atoms with van der Waals surface area (Å²) in [6.45, 7) is 6.60. The van der Waals surface area contributed by atoms with Crippen LogP contribution in [0, 0.1) is 0 Å². The standard InChI is InChI=1S/C10H13ClS/c1-10(2,3)12-9-6-4-8(11)5-7-9/h4-7H,1-3H3. The van der Waals surface area contributed by atoms with Crippen molar-refractivity contribution in [1.82, 2.24) is 0 Å². The highest BCUT2D eigenvalue weighted by molar-refractivity contribution is 8.00. The van der Waals surface area contributed by atoms with Crippen LogP contribution in [0.4, 0.5) is 0 Å². The summed E-state index contributed by atoms with van der Waals surface area (Å²) in [4.78, 5) is 1.27. The Hall–Kier alpha value is -0.140. The Kier molecular flexibility index (Phi) is 3.08. The van der Waals surface area contributed by atoms with Gasteiger partial charge < -0.3 is 0 Å². The highest BCUT2D eigenvalue weighted by atomic mass is 35.5. The molecule has 1 rings (SSSR count). The second-order valence-electron chi connectivity index (χ2n) is 3.67. The number of thioether (sulfide) groups is 1. The Balaban J connectivity index is 2.71. The van der Waals surface area contributed by atoms with Gasteiger partial charge in [-0.2, -0.15) is 0 Å². The van der Waals surface area contributed by atoms with Gasteiger partial charge in [0.2, 0.25) is 0 Å². The molecule has 0 aliphatic rings. The van der Waals surface area contributed by atoms with Crippen LogP contribution in [-0.4, -0.2) is 4.75 Å². The molecule has 0 fully saturated rings. The number of rotatable bonds is 1. The minimum absolute atomic E-state index is 0.272. The Bertz CT molecular complexity index is 246. The fourth-order valence-corrected chi connectivity index (χ4v) is 1.96. The van der Waals surface area contributed by atoms with E-state index in [2.05, 4.69) is 32.9 Å². The predicted molar refractivity (Wildman–Crippen MR) is 57.1 cm³/mol. The van der Waals surface area contributed by atoms with Gasteiger partial charge >= 0.3 is 0 Å². The van der Waals surface area contributed by atoms with Gasteiger partial charge in [0, 0.05) is 14.7 Å². The first-order valence-electron chi connectivity index (χ1n) is 3.92. The summed E-state index contributed by atoms with van der Waals surface area (Å²) in [6.07, 6.45) is 0. The Morgan fingerprint density at radius 3 is 2.00 bits per heavy atom. The zero-order chi connectivity index (χ0) is 9.19. The van der Waals surface area contributed by atoms with E-state index in [1.165, 1.54) is 4.90 Å². The van der Waals surface area contributed by atoms with Crippen molar-refractivity contribution in [2.24, 2.45) is 0 Å². The van der Waals surface area contributed by atoms with Crippen LogP contribution in [0.15, 0.2) is 29.2 Å². The molecule has 12 heavy (non-hydrogen) atoms. The maximum absolute atomic E-state index is 5.77. The first-order chi connectivity index (χ1) is 5.47. The van der Waals surface area contributed by atoms with E-state index in [1.807, 2.05) is 23.9 Å². The van der Waals surface area contributed by atoms with Gasteiger partial charge in [0.15, 0.2) is 0 Å². The van der Waals surface area contributed by atoms with Crippen molar-refractivity contribution in [3.63, 3.8) is 0 Å².